The van der Waals surface area contributed by atoms with Gasteiger partial charge in [-0.2, -0.15) is 0 Å². The zero-order valence-corrected chi connectivity index (χ0v) is 18.0. The molecule has 2 aromatic carbocycles. The summed E-state index contributed by atoms with van der Waals surface area (Å²) in [4.78, 5) is 13.5. The molecular weight excluding hydrogens is 400 g/mol. The van der Waals surface area contributed by atoms with E-state index in [1.54, 1.807) is 11.8 Å². The molecule has 0 unspecified atom stereocenters. The lowest BCUT2D eigenvalue weighted by molar-refractivity contribution is -0.118. The molecule has 1 N–H and O–H groups in total. The van der Waals surface area contributed by atoms with Gasteiger partial charge in [0.1, 0.15) is 5.82 Å². The third-order valence-electron chi connectivity index (χ3n) is 4.66. The van der Waals surface area contributed by atoms with E-state index in [0.717, 1.165) is 35.3 Å². The predicted octanol–water partition coefficient (Wildman–Crippen LogP) is 4.45. The molecule has 0 bridgehead atoms. The van der Waals surface area contributed by atoms with E-state index in [2.05, 4.69) is 63.4 Å². The number of rotatable bonds is 9. The minimum atomic E-state index is 0.0232. The lowest BCUT2D eigenvalue weighted by Crippen LogP contribution is -2.27. The summed E-state index contributed by atoms with van der Waals surface area (Å²) in [7, 11) is 0. The molecule has 1 aliphatic rings. The standard InChI is InChI=1S/C22H24N4OS2/c1-16-7-11-19(12-8-16)28-14-13-23-20(27)15-29-22-25-24-21(17-9-10-17)26(22)18-5-3-2-4-6-18/h2-8,11-12,17H,9-10,13-15H2,1H3,(H,23,27). The Morgan fingerprint density at radius 1 is 1.07 bits per heavy atom. The van der Waals surface area contributed by atoms with Gasteiger partial charge in [0.2, 0.25) is 5.91 Å². The zero-order chi connectivity index (χ0) is 20.1. The molecule has 0 radical (unpaired) electrons. The van der Waals surface area contributed by atoms with E-state index < -0.39 is 0 Å². The number of amides is 1. The van der Waals surface area contributed by atoms with Crippen LogP contribution in [0.25, 0.3) is 5.69 Å². The smallest absolute Gasteiger partial charge is 0.230 e. The SMILES string of the molecule is Cc1ccc(SCCNC(=O)CSc2nnc(C3CC3)n2-c2ccccc2)cc1. The number of carbonyl (C=O) groups excluding carboxylic acids is 1. The van der Waals surface area contributed by atoms with E-state index in [-0.39, 0.29) is 5.91 Å². The largest absolute Gasteiger partial charge is 0.355 e. The van der Waals surface area contributed by atoms with Gasteiger partial charge in [-0.1, -0.05) is 47.7 Å². The van der Waals surface area contributed by atoms with Crippen LogP contribution in [-0.2, 0) is 4.79 Å². The van der Waals surface area contributed by atoms with Crippen LogP contribution in [0.3, 0.4) is 0 Å². The van der Waals surface area contributed by atoms with Gasteiger partial charge < -0.3 is 5.32 Å². The Kier molecular flexibility index (Phi) is 6.56. The highest BCUT2D eigenvalue weighted by atomic mass is 32.2. The van der Waals surface area contributed by atoms with Crippen LogP contribution in [0.5, 0.6) is 0 Å². The third kappa shape index (κ3) is 5.42. The molecule has 1 amide bonds. The summed E-state index contributed by atoms with van der Waals surface area (Å²) in [5.74, 6) is 2.71. The van der Waals surface area contributed by atoms with Gasteiger partial charge in [0.05, 0.1) is 5.75 Å². The fraction of sp³-hybridized carbons (Fsp3) is 0.318. The number of hydrogen-bond donors (Lipinski definition) is 1. The topological polar surface area (TPSA) is 59.8 Å². The molecule has 4 rings (SSSR count). The number of carbonyl (C=O) groups is 1. The maximum atomic E-state index is 12.3. The van der Waals surface area contributed by atoms with Gasteiger partial charge in [0.25, 0.3) is 0 Å². The van der Waals surface area contributed by atoms with Crippen LogP contribution in [0.2, 0.25) is 0 Å². The number of benzene rings is 2. The summed E-state index contributed by atoms with van der Waals surface area (Å²) in [6, 6.07) is 18.6. The molecule has 1 saturated carbocycles. The van der Waals surface area contributed by atoms with Crippen molar-refractivity contribution in [2.75, 3.05) is 18.1 Å². The van der Waals surface area contributed by atoms with Crippen molar-refractivity contribution < 1.29 is 4.79 Å². The number of thioether (sulfide) groups is 2. The van der Waals surface area contributed by atoms with Gasteiger partial charge in [-0.3, -0.25) is 9.36 Å². The summed E-state index contributed by atoms with van der Waals surface area (Å²) in [6.07, 6.45) is 2.32. The van der Waals surface area contributed by atoms with Crippen LogP contribution < -0.4 is 5.32 Å². The normalized spacial score (nSPS) is 13.4. The molecule has 1 heterocycles. The quantitative estimate of drug-likeness (QED) is 0.406. The summed E-state index contributed by atoms with van der Waals surface area (Å²) >= 11 is 3.19. The summed E-state index contributed by atoms with van der Waals surface area (Å²) < 4.78 is 2.10. The molecule has 0 spiro atoms. The number of nitrogens with zero attached hydrogens (tertiary/aromatic N) is 3. The fourth-order valence-electron chi connectivity index (χ4n) is 2.98. The molecule has 29 heavy (non-hydrogen) atoms. The summed E-state index contributed by atoms with van der Waals surface area (Å²) in [5, 5.41) is 12.5. The van der Waals surface area contributed by atoms with Gasteiger partial charge in [0.15, 0.2) is 5.16 Å². The Labute approximate surface area is 179 Å². The van der Waals surface area contributed by atoms with Crippen molar-refractivity contribution >= 4 is 29.4 Å². The molecule has 0 atom stereocenters. The maximum Gasteiger partial charge on any atom is 0.230 e. The number of aryl methyl sites for hydroxylation is 1. The summed E-state index contributed by atoms with van der Waals surface area (Å²) in [5.41, 5.74) is 2.31. The van der Waals surface area contributed by atoms with E-state index in [9.17, 15) is 4.79 Å². The van der Waals surface area contributed by atoms with Gasteiger partial charge in [-0.15, -0.1) is 22.0 Å². The second-order valence-electron chi connectivity index (χ2n) is 7.09. The van der Waals surface area contributed by atoms with Gasteiger partial charge >= 0.3 is 0 Å². The number of hydrogen-bond acceptors (Lipinski definition) is 5. The minimum Gasteiger partial charge on any atom is -0.355 e. The number of nitrogens with one attached hydrogen (secondary N) is 1. The molecular formula is C22H24N4OS2. The van der Waals surface area contributed by atoms with Gasteiger partial charge in [-0.25, -0.2) is 0 Å². The van der Waals surface area contributed by atoms with Crippen molar-refractivity contribution in [1.29, 1.82) is 0 Å². The van der Waals surface area contributed by atoms with Crippen molar-refractivity contribution in [3.63, 3.8) is 0 Å². The highest BCUT2D eigenvalue weighted by Crippen LogP contribution is 2.41. The van der Waals surface area contributed by atoms with E-state index in [4.69, 9.17) is 0 Å². The van der Waals surface area contributed by atoms with Crippen molar-refractivity contribution in [3.8, 4) is 5.69 Å². The molecule has 3 aromatic rings. The monoisotopic (exact) mass is 424 g/mol. The van der Waals surface area contributed by atoms with Gasteiger partial charge in [0, 0.05) is 28.8 Å². The second kappa shape index (κ2) is 9.50. The second-order valence-corrected chi connectivity index (χ2v) is 9.20. The van der Waals surface area contributed by atoms with Crippen molar-refractivity contribution in [3.05, 3.63) is 66.0 Å². The maximum absolute atomic E-state index is 12.3. The predicted molar refractivity (Wildman–Crippen MR) is 119 cm³/mol. The first-order chi connectivity index (χ1) is 14.2. The Morgan fingerprint density at radius 2 is 1.83 bits per heavy atom. The van der Waals surface area contributed by atoms with Crippen LogP contribution >= 0.6 is 23.5 Å². The zero-order valence-electron chi connectivity index (χ0n) is 16.4. The first kappa shape index (κ1) is 20.0. The lowest BCUT2D eigenvalue weighted by Gasteiger charge is -2.10. The average molecular weight is 425 g/mol. The van der Waals surface area contributed by atoms with Crippen LogP contribution in [0.15, 0.2) is 64.6 Å². The summed E-state index contributed by atoms with van der Waals surface area (Å²) in [6.45, 7) is 2.73. The van der Waals surface area contributed by atoms with Crippen molar-refractivity contribution in [2.24, 2.45) is 0 Å². The van der Waals surface area contributed by atoms with Gasteiger partial charge in [-0.05, 0) is 44.0 Å². The first-order valence-electron chi connectivity index (χ1n) is 9.80. The molecule has 150 valence electrons. The van der Waals surface area contributed by atoms with Crippen LogP contribution in [0.1, 0.15) is 30.1 Å². The molecule has 1 fully saturated rings. The highest BCUT2D eigenvalue weighted by molar-refractivity contribution is 7.99. The van der Waals surface area contributed by atoms with Crippen molar-refractivity contribution in [1.82, 2.24) is 20.1 Å². The Hall–Kier alpha value is -2.25. The fourth-order valence-corrected chi connectivity index (χ4v) is 4.53. The lowest BCUT2D eigenvalue weighted by atomic mass is 10.2. The number of para-hydroxylation sites is 1. The average Bonchev–Trinajstić information content (AvgIpc) is 3.51. The number of aromatic nitrogens is 3. The van der Waals surface area contributed by atoms with Crippen LogP contribution in [0.4, 0.5) is 0 Å². The van der Waals surface area contributed by atoms with E-state index in [1.165, 1.54) is 22.2 Å². The minimum absolute atomic E-state index is 0.0232. The van der Waals surface area contributed by atoms with Crippen molar-refractivity contribution in [2.45, 2.75) is 35.7 Å². The molecule has 0 saturated heterocycles. The highest BCUT2D eigenvalue weighted by Gasteiger charge is 2.31. The molecule has 0 aliphatic heterocycles. The Bertz CT molecular complexity index is 953. The molecule has 7 heteroatoms. The first-order valence-corrected chi connectivity index (χ1v) is 11.8. The Balaban J connectivity index is 1.29. The Morgan fingerprint density at radius 3 is 2.55 bits per heavy atom. The van der Waals surface area contributed by atoms with Crippen LogP contribution in [0, 0.1) is 6.92 Å². The van der Waals surface area contributed by atoms with Crippen LogP contribution in [-0.4, -0.2) is 38.7 Å². The third-order valence-corrected chi connectivity index (χ3v) is 6.60. The van der Waals surface area contributed by atoms with E-state index in [0.29, 0.717) is 18.2 Å². The van der Waals surface area contributed by atoms with E-state index >= 15 is 0 Å². The molecule has 5 nitrogen and oxygen atoms in total. The van der Waals surface area contributed by atoms with E-state index in [1.807, 2.05) is 18.2 Å². The molecule has 1 aliphatic carbocycles. The molecule has 1 aromatic heterocycles.